The molecule has 0 saturated heterocycles. The van der Waals surface area contributed by atoms with Crippen molar-refractivity contribution in [1.29, 1.82) is 15.8 Å². The van der Waals surface area contributed by atoms with Gasteiger partial charge >= 0.3 is 12.4 Å². The number of alkyl halides is 6. The maximum Gasteiger partial charge on any atom is 0.422 e. The van der Waals surface area contributed by atoms with Gasteiger partial charge in [0, 0.05) is 0 Å². The summed E-state index contributed by atoms with van der Waals surface area (Å²) < 4.78 is 150. The van der Waals surface area contributed by atoms with Crippen molar-refractivity contribution < 1.29 is 52.7 Å². The van der Waals surface area contributed by atoms with Crippen molar-refractivity contribution in [3.8, 4) is 40.5 Å². The van der Waals surface area contributed by atoms with Gasteiger partial charge in [0.05, 0.1) is 16.7 Å². The van der Waals surface area contributed by atoms with Gasteiger partial charge in [-0.3, -0.25) is 0 Å². The van der Waals surface area contributed by atoms with Gasteiger partial charge in [-0.25, -0.2) is 27.5 Å². The molecule has 0 spiro atoms. The number of nitriles is 3. The molecule has 0 unspecified atom stereocenters. The van der Waals surface area contributed by atoms with E-state index < -0.39 is 108 Å². The number of benzene rings is 3. The lowest BCUT2D eigenvalue weighted by atomic mass is 9.94. The Morgan fingerprint density at radius 3 is 1.31 bits per heavy atom. The van der Waals surface area contributed by atoms with Crippen molar-refractivity contribution in [2.45, 2.75) is 19.3 Å². The summed E-state index contributed by atoms with van der Waals surface area (Å²) in [5.41, 5.74) is -12.0. The molecule has 0 atom stereocenters. The van der Waals surface area contributed by atoms with Crippen LogP contribution in [0.25, 0.3) is 55.6 Å². The summed E-state index contributed by atoms with van der Waals surface area (Å²) in [5.74, 6) is -8.39. The van der Waals surface area contributed by atoms with Gasteiger partial charge in [-0.1, -0.05) is 0 Å². The summed E-state index contributed by atoms with van der Waals surface area (Å²) in [6, 6.07) is 5.46. The van der Waals surface area contributed by atoms with Crippen LogP contribution in [0.3, 0.4) is 0 Å². The standard InChI is InChI=1S/C28H7F10N5O2/c1-9(6-39)25-42-21-17(10-2-13(29)19(14(30)3-10)27(33,34)35)24-22(43-26(45-24)12(7-40)8-41)18(23(21)44-25)11-4-15(31)20(16(32)5-11)28(36,37)38/h2-5H,1H3/b25-9-. The first-order valence-corrected chi connectivity index (χ1v) is 11.8. The third kappa shape index (κ3) is 4.96. The second-order valence-electron chi connectivity index (χ2n) is 9.10. The van der Waals surface area contributed by atoms with Crippen LogP contribution in [-0.2, 0) is 12.4 Å². The Labute approximate surface area is 241 Å². The average molecular weight is 635 g/mol. The van der Waals surface area contributed by atoms with E-state index in [2.05, 4.69) is 9.97 Å². The molecule has 2 heterocycles. The molecule has 0 N–H and O–H groups in total. The Kier molecular flexibility index (Phi) is 7.05. The normalized spacial score (nSPS) is 12.6. The lowest BCUT2D eigenvalue weighted by Gasteiger charge is -2.14. The number of hydrogen-bond donors (Lipinski definition) is 0. The maximum atomic E-state index is 14.7. The van der Waals surface area contributed by atoms with E-state index >= 15 is 0 Å². The van der Waals surface area contributed by atoms with Crippen LogP contribution in [0, 0.1) is 57.3 Å². The van der Waals surface area contributed by atoms with E-state index in [9.17, 15) is 59.7 Å². The number of hydrogen-bond acceptors (Lipinski definition) is 7. The van der Waals surface area contributed by atoms with Gasteiger partial charge in [0.25, 0.3) is 0 Å². The largest absolute Gasteiger partial charge is 0.435 e. The summed E-state index contributed by atoms with van der Waals surface area (Å²) in [6.45, 7) is 1.18. The van der Waals surface area contributed by atoms with Gasteiger partial charge in [0.1, 0.15) is 63.6 Å². The van der Waals surface area contributed by atoms with E-state index in [1.165, 1.54) is 19.1 Å². The highest BCUT2D eigenvalue weighted by molar-refractivity contribution is 6.15. The molecule has 0 bridgehead atoms. The predicted octanol–water partition coefficient (Wildman–Crippen LogP) is 6.79. The SMILES string of the molecule is C/C(C#N)=c1\nc2c(-c3cc(F)c(C(F)(F)F)c(F)c3)c3oc(=C(C#N)C#N)nc3c(-c3cc(F)c(C(F)(F)F)c(F)c3)c2o1. The van der Waals surface area contributed by atoms with Crippen LogP contribution in [0.2, 0.25) is 0 Å². The van der Waals surface area contributed by atoms with Crippen LogP contribution in [0.5, 0.6) is 0 Å². The van der Waals surface area contributed by atoms with E-state index in [4.69, 9.17) is 8.83 Å². The number of nitrogens with zero attached hydrogens (tertiary/aromatic N) is 5. The van der Waals surface area contributed by atoms with Crippen LogP contribution in [0.4, 0.5) is 43.9 Å². The maximum absolute atomic E-state index is 14.7. The minimum absolute atomic E-state index is 0.230. The molecule has 0 aliphatic carbocycles. The fourth-order valence-corrected chi connectivity index (χ4v) is 4.48. The van der Waals surface area contributed by atoms with E-state index in [1.54, 1.807) is 6.07 Å². The van der Waals surface area contributed by atoms with Crippen LogP contribution >= 0.6 is 0 Å². The highest BCUT2D eigenvalue weighted by atomic mass is 19.4. The minimum atomic E-state index is -5.47. The molecule has 17 heteroatoms. The fraction of sp³-hybridized carbons (Fsp3) is 0.107. The lowest BCUT2D eigenvalue weighted by Crippen LogP contribution is -2.11. The van der Waals surface area contributed by atoms with Gasteiger partial charge in [-0.2, -0.15) is 42.1 Å². The Hall–Kier alpha value is -5.89. The van der Waals surface area contributed by atoms with Gasteiger partial charge in [0.2, 0.25) is 11.1 Å². The number of rotatable bonds is 2. The van der Waals surface area contributed by atoms with Crippen molar-refractivity contribution in [2.75, 3.05) is 0 Å². The Morgan fingerprint density at radius 1 is 0.622 bits per heavy atom. The van der Waals surface area contributed by atoms with E-state index in [-0.39, 0.29) is 29.8 Å². The number of oxazole rings is 2. The topological polar surface area (TPSA) is 123 Å². The molecule has 5 rings (SSSR count). The molecule has 0 fully saturated rings. The molecule has 0 saturated carbocycles. The summed E-state index contributed by atoms with van der Waals surface area (Å²) in [5, 5.41) is 28.0. The molecular formula is C28H7F10N5O2. The molecule has 0 radical (unpaired) electrons. The monoisotopic (exact) mass is 635 g/mol. The van der Waals surface area contributed by atoms with Crippen molar-refractivity contribution in [3.05, 3.63) is 69.8 Å². The van der Waals surface area contributed by atoms with Gasteiger partial charge in [-0.15, -0.1) is 0 Å². The molecule has 5 aromatic rings. The first-order chi connectivity index (χ1) is 21.0. The minimum Gasteiger partial charge on any atom is -0.435 e. The molecule has 3 aromatic carbocycles. The number of halogens is 10. The van der Waals surface area contributed by atoms with Crippen molar-refractivity contribution in [2.24, 2.45) is 0 Å². The Morgan fingerprint density at radius 2 is 0.978 bits per heavy atom. The third-order valence-electron chi connectivity index (χ3n) is 6.34. The van der Waals surface area contributed by atoms with Crippen molar-refractivity contribution in [1.82, 2.24) is 9.97 Å². The van der Waals surface area contributed by atoms with Crippen molar-refractivity contribution >= 4 is 33.3 Å². The molecule has 0 amide bonds. The quantitative estimate of drug-likeness (QED) is 0.196. The zero-order valence-electron chi connectivity index (χ0n) is 21.6. The van der Waals surface area contributed by atoms with E-state index in [0.29, 0.717) is 0 Å². The van der Waals surface area contributed by atoms with Crippen LogP contribution in [-0.4, -0.2) is 9.97 Å². The van der Waals surface area contributed by atoms with Crippen LogP contribution in [0.1, 0.15) is 18.1 Å². The highest BCUT2D eigenvalue weighted by Crippen LogP contribution is 2.45. The molecule has 0 aliphatic rings. The molecule has 7 nitrogen and oxygen atoms in total. The first-order valence-electron chi connectivity index (χ1n) is 11.8. The molecule has 45 heavy (non-hydrogen) atoms. The molecule has 0 aliphatic heterocycles. The van der Waals surface area contributed by atoms with Crippen molar-refractivity contribution in [3.63, 3.8) is 0 Å². The van der Waals surface area contributed by atoms with Crippen LogP contribution < -0.4 is 11.1 Å². The second-order valence-corrected chi connectivity index (χ2v) is 9.10. The van der Waals surface area contributed by atoms with E-state index in [0.717, 1.165) is 0 Å². The summed E-state index contributed by atoms with van der Waals surface area (Å²) in [4.78, 5) is 7.97. The lowest BCUT2D eigenvalue weighted by molar-refractivity contribution is -0.143. The van der Waals surface area contributed by atoms with Crippen LogP contribution in [0.15, 0.2) is 33.1 Å². The van der Waals surface area contributed by atoms with E-state index in [1.807, 2.05) is 0 Å². The molecular weight excluding hydrogens is 628 g/mol. The third-order valence-corrected chi connectivity index (χ3v) is 6.34. The summed E-state index contributed by atoms with van der Waals surface area (Å²) in [7, 11) is 0. The zero-order chi connectivity index (χ0) is 33.2. The molecule has 226 valence electrons. The number of fused-ring (bicyclic) bond motifs is 2. The Bertz CT molecular complexity index is 2150. The zero-order valence-corrected chi connectivity index (χ0v) is 21.6. The van der Waals surface area contributed by atoms with Gasteiger partial charge in [0.15, 0.2) is 16.7 Å². The summed E-state index contributed by atoms with van der Waals surface area (Å²) in [6.07, 6.45) is -10.9. The first kappa shape index (κ1) is 30.6. The van der Waals surface area contributed by atoms with Gasteiger partial charge in [-0.05, 0) is 42.3 Å². The fourth-order valence-electron chi connectivity index (χ4n) is 4.48. The summed E-state index contributed by atoms with van der Waals surface area (Å²) >= 11 is 0. The molecule has 2 aromatic heterocycles. The second kappa shape index (κ2) is 10.4. The Balaban J connectivity index is 2.07. The highest BCUT2D eigenvalue weighted by Gasteiger charge is 2.40. The van der Waals surface area contributed by atoms with Gasteiger partial charge < -0.3 is 8.83 Å². The average Bonchev–Trinajstić information content (AvgIpc) is 3.54. The predicted molar refractivity (Wildman–Crippen MR) is 131 cm³/mol. The smallest absolute Gasteiger partial charge is 0.422 e. The number of aromatic nitrogens is 2.